The number of carbonyl (C=O) groups is 1. The van der Waals surface area contributed by atoms with Gasteiger partial charge in [-0.05, 0) is 96.3 Å². The van der Waals surface area contributed by atoms with Gasteiger partial charge in [0.05, 0.1) is 25.4 Å². The summed E-state index contributed by atoms with van der Waals surface area (Å²) in [6.07, 6.45) is 78.8. The molecule has 0 aromatic rings. The van der Waals surface area contributed by atoms with Gasteiger partial charge in [0.25, 0.3) is 0 Å². The lowest BCUT2D eigenvalue weighted by Crippen LogP contribution is -2.60. The van der Waals surface area contributed by atoms with E-state index in [0.717, 1.165) is 83.5 Å². The first-order chi connectivity index (χ1) is 38.8. The van der Waals surface area contributed by atoms with E-state index in [0.29, 0.717) is 6.42 Å². The first-order valence-corrected chi connectivity index (χ1v) is 32.6. The van der Waals surface area contributed by atoms with Crippen molar-refractivity contribution < 1.29 is 39.8 Å². The first-order valence-electron chi connectivity index (χ1n) is 32.6. The molecule has 7 atom stereocenters. The summed E-state index contributed by atoms with van der Waals surface area (Å²) in [6, 6.07) is -0.838. The number of carbonyl (C=O) groups excluding carboxylic acids is 1. The lowest BCUT2D eigenvalue weighted by molar-refractivity contribution is -0.302. The van der Waals surface area contributed by atoms with E-state index >= 15 is 0 Å². The highest BCUT2D eigenvalue weighted by atomic mass is 16.7. The highest BCUT2D eigenvalue weighted by Gasteiger charge is 2.44. The van der Waals surface area contributed by atoms with E-state index in [-0.39, 0.29) is 12.5 Å². The van der Waals surface area contributed by atoms with E-state index in [1.165, 1.54) is 167 Å². The molecule has 1 aliphatic rings. The fraction of sp³-hybridized carbons (Fsp3) is 0.729. The van der Waals surface area contributed by atoms with Gasteiger partial charge in [-0.15, -0.1) is 0 Å². The number of nitrogens with one attached hydrogen (secondary N) is 1. The average molecular weight is 1100 g/mol. The Balaban J connectivity index is 2.21. The van der Waals surface area contributed by atoms with Gasteiger partial charge in [-0.2, -0.15) is 0 Å². The minimum absolute atomic E-state index is 0.195. The van der Waals surface area contributed by atoms with Crippen LogP contribution in [0.25, 0.3) is 0 Å². The number of aliphatic hydroxyl groups is 5. The Hall–Kier alpha value is -3.15. The Bertz CT molecular complexity index is 1610. The van der Waals surface area contributed by atoms with Crippen molar-refractivity contribution in [2.24, 2.45) is 0 Å². The molecule has 0 bridgehead atoms. The number of rotatable bonds is 55. The third kappa shape index (κ3) is 47.1. The molecule has 0 aliphatic carbocycles. The van der Waals surface area contributed by atoms with Crippen LogP contribution >= 0.6 is 0 Å². The minimum atomic E-state index is -1.58. The van der Waals surface area contributed by atoms with Gasteiger partial charge in [-0.1, -0.05) is 277 Å². The standard InChI is InChI=1S/C70H121NO8/c1-3-5-7-9-11-13-15-17-19-21-23-25-27-29-30-31-32-33-34-36-38-40-42-44-46-48-50-52-54-56-58-60-66(74)71-63(62-78-70-69(77)68(76)67(75)65(61-72)79-70)64(73)59-57-55-53-51-49-47-45-43-41-39-37-35-28-26-24-22-20-18-16-14-12-10-8-6-4-2/h5,7,11,13,17,19,23,25,29-30,32-33,41,43,49,51,57,59,63-65,67-70,72-73,75-77H,3-4,6,8-10,12,14-16,18,20-22,24,26-28,31,34-40,42,44-48,50,52-56,58,60-62H2,1-2H3,(H,71,74)/b7-5-,13-11-,19-17-,25-23-,30-29-,33-32-,43-41+,51-49+,59-57+. The largest absolute Gasteiger partial charge is 0.394 e. The molecule has 79 heavy (non-hydrogen) atoms. The Labute approximate surface area is 485 Å². The van der Waals surface area contributed by atoms with Crippen molar-refractivity contribution in [3.63, 3.8) is 0 Å². The van der Waals surface area contributed by atoms with Crippen LogP contribution in [0.4, 0.5) is 0 Å². The fourth-order valence-electron chi connectivity index (χ4n) is 9.72. The van der Waals surface area contributed by atoms with Crippen LogP contribution in [0.3, 0.4) is 0 Å². The van der Waals surface area contributed by atoms with Gasteiger partial charge in [0.2, 0.25) is 5.91 Å². The van der Waals surface area contributed by atoms with Crippen LogP contribution < -0.4 is 5.32 Å². The molecular weight excluding hydrogens is 983 g/mol. The second kappa shape index (κ2) is 58.1. The maximum absolute atomic E-state index is 13.1. The first kappa shape index (κ1) is 73.9. The zero-order valence-electron chi connectivity index (χ0n) is 50.6. The van der Waals surface area contributed by atoms with E-state index in [1.807, 2.05) is 6.08 Å². The van der Waals surface area contributed by atoms with Crippen molar-refractivity contribution in [3.05, 3.63) is 109 Å². The molecule has 0 saturated carbocycles. The smallest absolute Gasteiger partial charge is 0.220 e. The molecule has 1 saturated heterocycles. The molecule has 1 fully saturated rings. The van der Waals surface area contributed by atoms with Crippen LogP contribution in [0.2, 0.25) is 0 Å². The maximum Gasteiger partial charge on any atom is 0.220 e. The summed E-state index contributed by atoms with van der Waals surface area (Å²) in [6.45, 7) is 3.66. The second-order valence-electron chi connectivity index (χ2n) is 22.2. The number of hydrogen-bond donors (Lipinski definition) is 6. The van der Waals surface area contributed by atoms with E-state index in [9.17, 15) is 30.3 Å². The highest BCUT2D eigenvalue weighted by molar-refractivity contribution is 5.76. The second-order valence-corrected chi connectivity index (χ2v) is 22.2. The number of amides is 1. The van der Waals surface area contributed by atoms with Crippen LogP contribution in [0.15, 0.2) is 109 Å². The van der Waals surface area contributed by atoms with Crippen LogP contribution in [-0.4, -0.2) is 87.5 Å². The van der Waals surface area contributed by atoms with Crippen LogP contribution in [-0.2, 0) is 14.3 Å². The predicted molar refractivity (Wildman–Crippen MR) is 336 cm³/mol. The lowest BCUT2D eigenvalue weighted by Gasteiger charge is -2.40. The summed E-state index contributed by atoms with van der Waals surface area (Å²) < 4.78 is 11.3. The number of unbranched alkanes of at least 4 members (excludes halogenated alkanes) is 29. The zero-order chi connectivity index (χ0) is 57.2. The summed E-state index contributed by atoms with van der Waals surface area (Å²) >= 11 is 0. The molecule has 6 N–H and O–H groups in total. The molecule has 0 aromatic heterocycles. The van der Waals surface area contributed by atoms with Gasteiger partial charge in [0, 0.05) is 6.42 Å². The quantitative estimate of drug-likeness (QED) is 0.0261. The lowest BCUT2D eigenvalue weighted by atomic mass is 9.99. The monoisotopic (exact) mass is 1100 g/mol. The third-order valence-corrected chi connectivity index (χ3v) is 14.8. The molecule has 1 rings (SSSR count). The molecule has 1 heterocycles. The molecule has 0 radical (unpaired) electrons. The number of aliphatic hydroxyl groups excluding tert-OH is 5. The van der Waals surface area contributed by atoms with Crippen molar-refractivity contribution in [1.82, 2.24) is 5.32 Å². The zero-order valence-corrected chi connectivity index (χ0v) is 50.6. The molecule has 9 nitrogen and oxygen atoms in total. The van der Waals surface area contributed by atoms with Gasteiger partial charge >= 0.3 is 0 Å². The van der Waals surface area contributed by atoms with Crippen LogP contribution in [0.5, 0.6) is 0 Å². The van der Waals surface area contributed by atoms with E-state index in [4.69, 9.17) is 9.47 Å². The van der Waals surface area contributed by atoms with Crippen LogP contribution in [0.1, 0.15) is 271 Å². The number of ether oxygens (including phenoxy) is 2. The molecule has 0 aromatic carbocycles. The Morgan fingerprint density at radius 2 is 0.797 bits per heavy atom. The summed E-state index contributed by atoms with van der Waals surface area (Å²) in [7, 11) is 0. The summed E-state index contributed by atoms with van der Waals surface area (Å²) in [4.78, 5) is 13.1. The average Bonchev–Trinajstić information content (AvgIpc) is 3.47. The summed E-state index contributed by atoms with van der Waals surface area (Å²) in [5, 5.41) is 54.6. The van der Waals surface area contributed by atoms with Gasteiger partial charge in [0.15, 0.2) is 6.29 Å². The van der Waals surface area contributed by atoms with E-state index < -0.39 is 49.5 Å². The summed E-state index contributed by atoms with van der Waals surface area (Å²) in [5.74, 6) is -0.195. The van der Waals surface area contributed by atoms with Crippen molar-refractivity contribution >= 4 is 5.91 Å². The Kier molecular flexibility index (Phi) is 54.3. The van der Waals surface area contributed by atoms with Crippen LogP contribution in [0, 0.1) is 0 Å². The number of allylic oxidation sites excluding steroid dienone is 17. The number of hydrogen-bond acceptors (Lipinski definition) is 8. The minimum Gasteiger partial charge on any atom is -0.394 e. The maximum atomic E-state index is 13.1. The van der Waals surface area contributed by atoms with E-state index in [1.54, 1.807) is 6.08 Å². The summed E-state index contributed by atoms with van der Waals surface area (Å²) in [5.41, 5.74) is 0. The molecular formula is C70H121NO8. The van der Waals surface area contributed by atoms with Crippen molar-refractivity contribution in [1.29, 1.82) is 0 Å². The molecule has 7 unspecified atom stereocenters. The van der Waals surface area contributed by atoms with Gasteiger partial charge in [0.1, 0.15) is 24.4 Å². The van der Waals surface area contributed by atoms with Crippen molar-refractivity contribution in [2.45, 2.75) is 314 Å². The van der Waals surface area contributed by atoms with Gasteiger partial charge in [-0.25, -0.2) is 0 Å². The predicted octanol–water partition coefficient (Wildman–Crippen LogP) is 17.3. The van der Waals surface area contributed by atoms with Gasteiger partial charge < -0.3 is 40.3 Å². The molecule has 454 valence electrons. The SMILES string of the molecule is CC/C=C\C/C=C\C/C=C\C/C=C\C/C=C\C/C=C\CCCCCCCCCCCCCCC(=O)NC(COC1OC(CO)C(O)C(O)C1O)C(O)/C=C/CC/C=C/CC/C=C/CCCCCCCCCCCCCCCCC. The highest BCUT2D eigenvalue weighted by Crippen LogP contribution is 2.23. The third-order valence-electron chi connectivity index (χ3n) is 14.8. The molecule has 1 aliphatic heterocycles. The fourth-order valence-corrected chi connectivity index (χ4v) is 9.72. The molecule has 0 spiro atoms. The van der Waals surface area contributed by atoms with Crippen molar-refractivity contribution in [2.75, 3.05) is 13.2 Å². The Morgan fingerprint density at radius 1 is 0.443 bits per heavy atom. The topological polar surface area (TPSA) is 149 Å². The molecule has 9 heteroatoms. The van der Waals surface area contributed by atoms with Gasteiger partial charge in [-0.3, -0.25) is 4.79 Å². The van der Waals surface area contributed by atoms with Crippen molar-refractivity contribution in [3.8, 4) is 0 Å². The normalized spacial score (nSPS) is 19.3. The van der Waals surface area contributed by atoms with E-state index in [2.05, 4.69) is 116 Å². The molecule has 1 amide bonds. The Morgan fingerprint density at radius 3 is 1.22 bits per heavy atom.